The first-order valence-electron chi connectivity index (χ1n) is 5.61. The van der Waals surface area contributed by atoms with Gasteiger partial charge in [0.15, 0.2) is 8.29 Å². The lowest BCUT2D eigenvalue weighted by atomic mass is 9.56. The molecule has 0 saturated heterocycles. The van der Waals surface area contributed by atoms with Crippen molar-refractivity contribution in [2.75, 3.05) is 6.61 Å². The predicted octanol–water partition coefficient (Wildman–Crippen LogP) is 3.10. The Hall–Kier alpha value is -0.335. The monoisotopic (exact) mass is 303 g/mol. The van der Waals surface area contributed by atoms with Crippen LogP contribution in [-0.4, -0.2) is 34.7 Å². The fraction of sp³-hybridized carbons (Fsp3) is 0.700. The molecular weight excluding hydrogens is 287 g/mol. The van der Waals surface area contributed by atoms with Gasteiger partial charge in [-0.05, 0) is 23.8 Å². The summed E-state index contributed by atoms with van der Waals surface area (Å²) in [5.41, 5.74) is 0. The number of carbonyl (C=O) groups excluding carboxylic acids is 1. The van der Waals surface area contributed by atoms with Gasteiger partial charge in [0.25, 0.3) is 0 Å². The summed E-state index contributed by atoms with van der Waals surface area (Å²) in [6.07, 6.45) is 0. The molecule has 0 aliphatic heterocycles. The molecular formula is C10H16BN2O2S3. The van der Waals surface area contributed by atoms with Gasteiger partial charge in [0.2, 0.25) is 0 Å². The van der Waals surface area contributed by atoms with Gasteiger partial charge >= 0.3 is 5.97 Å². The van der Waals surface area contributed by atoms with E-state index in [0.29, 0.717) is 10.6 Å². The molecule has 1 rings (SSSR count). The number of carbonyl (C=O) groups is 1. The third kappa shape index (κ3) is 5.11. The maximum Gasteiger partial charge on any atom is 0.300 e. The first-order valence-corrected chi connectivity index (χ1v) is 7.65. The fourth-order valence-electron chi connectivity index (χ4n) is 1.46. The quantitative estimate of drug-likeness (QED) is 0.379. The first kappa shape index (κ1) is 15.7. The second kappa shape index (κ2) is 6.72. The van der Waals surface area contributed by atoms with Gasteiger partial charge in [0, 0.05) is 5.82 Å². The van der Waals surface area contributed by atoms with Crippen LogP contribution in [0.15, 0.2) is 4.34 Å². The van der Waals surface area contributed by atoms with Gasteiger partial charge in [-0.25, -0.2) is 0 Å². The zero-order valence-electron chi connectivity index (χ0n) is 10.9. The van der Waals surface area contributed by atoms with E-state index in [1.54, 1.807) is 18.7 Å². The fourth-order valence-corrected chi connectivity index (χ4v) is 4.12. The number of thioether (sulfide) groups is 1. The van der Waals surface area contributed by atoms with Crippen molar-refractivity contribution in [1.29, 1.82) is 0 Å². The van der Waals surface area contributed by atoms with E-state index in [0.717, 1.165) is 4.34 Å². The van der Waals surface area contributed by atoms with Crippen molar-refractivity contribution in [3.8, 4) is 0 Å². The van der Waals surface area contributed by atoms with Crippen LogP contribution in [0.4, 0.5) is 0 Å². The SMILES string of the molecule is CCOC(=O)C(C)[B]C(C)(C)Sc1n[nH]c(=S)s1. The molecule has 0 amide bonds. The van der Waals surface area contributed by atoms with Gasteiger partial charge < -0.3 is 4.74 Å². The van der Waals surface area contributed by atoms with Crippen molar-refractivity contribution >= 4 is 48.6 Å². The highest BCUT2D eigenvalue weighted by Gasteiger charge is 2.29. The molecule has 0 bridgehead atoms. The van der Waals surface area contributed by atoms with Crippen LogP contribution in [0.5, 0.6) is 0 Å². The van der Waals surface area contributed by atoms with Gasteiger partial charge in [0.05, 0.1) is 6.61 Å². The van der Waals surface area contributed by atoms with Crippen molar-refractivity contribution < 1.29 is 9.53 Å². The molecule has 0 aromatic carbocycles. The Morgan fingerprint density at radius 2 is 2.39 bits per heavy atom. The van der Waals surface area contributed by atoms with E-state index < -0.39 is 0 Å². The molecule has 18 heavy (non-hydrogen) atoms. The number of aromatic amines is 1. The Morgan fingerprint density at radius 3 is 2.89 bits per heavy atom. The number of esters is 1. The van der Waals surface area contributed by atoms with E-state index in [2.05, 4.69) is 10.2 Å². The third-order valence-corrected chi connectivity index (χ3v) is 4.39. The highest BCUT2D eigenvalue weighted by molar-refractivity contribution is 8.03. The molecule has 0 fully saturated rings. The average molecular weight is 303 g/mol. The summed E-state index contributed by atoms with van der Waals surface area (Å²) in [5.74, 6) is -0.430. The predicted molar refractivity (Wildman–Crippen MR) is 79.0 cm³/mol. The Bertz CT molecular complexity index is 458. The smallest absolute Gasteiger partial charge is 0.300 e. The van der Waals surface area contributed by atoms with E-state index in [1.807, 2.05) is 28.1 Å². The molecule has 1 atom stereocenters. The number of H-pyrrole nitrogens is 1. The maximum absolute atomic E-state index is 11.6. The van der Waals surface area contributed by atoms with Gasteiger partial charge in [-0.15, -0.1) is 0 Å². The standard InChI is InChI=1S/C10H16BN2O2S3/c1-5-15-7(14)6(2)11-10(3,4)18-9-13-12-8(16)17-9/h6H,5H2,1-4H3,(H,12,16). The molecule has 0 saturated carbocycles. The van der Waals surface area contributed by atoms with Crippen molar-refractivity contribution in [3.63, 3.8) is 0 Å². The minimum absolute atomic E-state index is 0.194. The van der Waals surface area contributed by atoms with Gasteiger partial charge in [-0.3, -0.25) is 9.89 Å². The summed E-state index contributed by atoms with van der Waals surface area (Å²) >= 11 is 8.00. The summed E-state index contributed by atoms with van der Waals surface area (Å²) in [6.45, 7) is 8.13. The van der Waals surface area contributed by atoms with Gasteiger partial charge in [0.1, 0.15) is 7.28 Å². The normalized spacial score (nSPS) is 13.1. The molecule has 0 aliphatic carbocycles. The lowest BCUT2D eigenvalue weighted by Gasteiger charge is -2.24. The van der Waals surface area contributed by atoms with Crippen LogP contribution in [0.25, 0.3) is 0 Å². The number of nitrogens with zero attached hydrogens (tertiary/aromatic N) is 1. The van der Waals surface area contributed by atoms with Crippen molar-refractivity contribution in [2.45, 2.75) is 42.5 Å². The summed E-state index contributed by atoms with van der Waals surface area (Å²) in [6, 6.07) is 0. The van der Waals surface area contributed by atoms with Gasteiger partial charge in [-0.2, -0.15) is 5.10 Å². The number of rotatable bonds is 6. The number of hydrogen-bond acceptors (Lipinski definition) is 6. The third-order valence-electron chi connectivity index (χ3n) is 2.08. The molecule has 0 spiro atoms. The average Bonchev–Trinajstić information content (AvgIpc) is 2.62. The highest BCUT2D eigenvalue weighted by atomic mass is 32.2. The van der Waals surface area contributed by atoms with Crippen LogP contribution in [0, 0.1) is 3.95 Å². The summed E-state index contributed by atoms with van der Waals surface area (Å²) < 4.78 is 6.31. The molecule has 99 valence electrons. The molecule has 1 heterocycles. The number of aromatic nitrogens is 2. The molecule has 1 N–H and O–H groups in total. The molecule has 1 aromatic rings. The molecule has 1 radical (unpaired) electrons. The van der Waals surface area contributed by atoms with Gasteiger partial charge in [-0.1, -0.05) is 43.9 Å². The zero-order chi connectivity index (χ0) is 13.8. The second-order valence-corrected chi connectivity index (χ2v) is 7.86. The highest BCUT2D eigenvalue weighted by Crippen LogP contribution is 2.34. The van der Waals surface area contributed by atoms with Crippen molar-refractivity contribution in [3.05, 3.63) is 3.95 Å². The number of hydrogen-bond donors (Lipinski definition) is 1. The van der Waals surface area contributed by atoms with Crippen LogP contribution in [0.3, 0.4) is 0 Å². The van der Waals surface area contributed by atoms with Crippen LogP contribution >= 0.6 is 35.3 Å². The lowest BCUT2D eigenvalue weighted by molar-refractivity contribution is -0.142. The zero-order valence-corrected chi connectivity index (χ0v) is 13.3. The van der Waals surface area contributed by atoms with Crippen LogP contribution in [0.2, 0.25) is 5.82 Å². The van der Waals surface area contributed by atoms with Crippen LogP contribution < -0.4 is 0 Å². The first-order chi connectivity index (χ1) is 8.34. The summed E-state index contributed by atoms with van der Waals surface area (Å²) in [5, 5.41) is 6.85. The van der Waals surface area contributed by atoms with E-state index in [-0.39, 0.29) is 16.4 Å². The maximum atomic E-state index is 11.6. The molecule has 1 aromatic heterocycles. The molecule has 1 unspecified atom stereocenters. The number of ether oxygens (including phenoxy) is 1. The van der Waals surface area contributed by atoms with Crippen molar-refractivity contribution in [1.82, 2.24) is 10.2 Å². The Balaban J connectivity index is 2.58. The summed E-state index contributed by atoms with van der Waals surface area (Å²) in [7, 11) is 1.97. The van der Waals surface area contributed by atoms with E-state index in [1.165, 1.54) is 11.3 Å². The van der Waals surface area contributed by atoms with Crippen LogP contribution in [-0.2, 0) is 9.53 Å². The van der Waals surface area contributed by atoms with E-state index in [4.69, 9.17) is 17.0 Å². The minimum atomic E-state index is -0.237. The lowest BCUT2D eigenvalue weighted by Crippen LogP contribution is -2.31. The number of nitrogens with one attached hydrogen (secondary N) is 1. The Kier molecular flexibility index (Phi) is 5.87. The largest absolute Gasteiger partial charge is 0.466 e. The topological polar surface area (TPSA) is 55.0 Å². The Morgan fingerprint density at radius 1 is 1.72 bits per heavy atom. The van der Waals surface area contributed by atoms with E-state index >= 15 is 0 Å². The summed E-state index contributed by atoms with van der Waals surface area (Å²) in [4.78, 5) is 11.6. The molecule has 8 heteroatoms. The second-order valence-electron chi connectivity index (χ2n) is 4.29. The van der Waals surface area contributed by atoms with Crippen LogP contribution in [0.1, 0.15) is 27.7 Å². The molecule has 0 aliphatic rings. The Labute approximate surface area is 121 Å². The molecule has 4 nitrogen and oxygen atoms in total. The van der Waals surface area contributed by atoms with Crippen molar-refractivity contribution in [2.24, 2.45) is 0 Å². The van der Waals surface area contributed by atoms with E-state index in [9.17, 15) is 4.79 Å². The minimum Gasteiger partial charge on any atom is -0.466 e.